The Bertz CT molecular complexity index is 3540. The zero-order chi connectivity index (χ0) is 42.6. The van der Waals surface area contributed by atoms with Crippen molar-refractivity contribution in [3.8, 4) is 33.4 Å². The van der Waals surface area contributed by atoms with E-state index in [1.54, 1.807) is 0 Å². The third-order valence-corrected chi connectivity index (χ3v) is 14.7. The molecule has 0 N–H and O–H groups in total. The molecule has 304 valence electrons. The monoisotopic (exact) mass is 819 g/mol. The molecule has 0 unspecified atom stereocenters. The maximum absolute atomic E-state index is 6.77. The molecule has 1 heterocycles. The van der Waals surface area contributed by atoms with Crippen LogP contribution in [-0.2, 0) is 10.8 Å². The number of hydrogen-bond acceptors (Lipinski definition) is 2. The van der Waals surface area contributed by atoms with Crippen molar-refractivity contribution in [2.75, 3.05) is 4.90 Å². The molecule has 0 saturated heterocycles. The van der Waals surface area contributed by atoms with Crippen molar-refractivity contribution >= 4 is 44.1 Å². The maximum Gasteiger partial charge on any atom is 0.136 e. The SMILES string of the molecule is CC1(C)c2ccccc2-c2ccc(N(C3=CC=C(C4(c5ccccc5)c5ccccc5-c5ccccc54)CC3)c3ccc4oc5cc(-c6ccccc6)c6ccccc6c5c4c3)cc21. The van der Waals surface area contributed by atoms with Crippen molar-refractivity contribution in [3.05, 3.63) is 251 Å². The zero-order valence-corrected chi connectivity index (χ0v) is 36.0. The van der Waals surface area contributed by atoms with Gasteiger partial charge in [-0.2, -0.15) is 0 Å². The fourth-order valence-corrected chi connectivity index (χ4v) is 11.8. The van der Waals surface area contributed by atoms with Gasteiger partial charge in [0.2, 0.25) is 0 Å². The molecule has 0 amide bonds. The second-order valence-corrected chi connectivity index (χ2v) is 18.3. The molecule has 3 aliphatic carbocycles. The van der Waals surface area contributed by atoms with Crippen molar-refractivity contribution in [2.45, 2.75) is 37.5 Å². The lowest BCUT2D eigenvalue weighted by molar-refractivity contribution is 0.660. The summed E-state index contributed by atoms with van der Waals surface area (Å²) in [7, 11) is 0. The lowest BCUT2D eigenvalue weighted by Gasteiger charge is -2.38. The Labute approximate surface area is 374 Å². The van der Waals surface area contributed by atoms with E-state index in [0.717, 1.165) is 40.5 Å². The average Bonchev–Trinajstić information content (AvgIpc) is 3.96. The Morgan fingerprint density at radius 3 is 1.70 bits per heavy atom. The van der Waals surface area contributed by atoms with Gasteiger partial charge in [-0.3, -0.25) is 0 Å². The van der Waals surface area contributed by atoms with E-state index in [1.165, 1.54) is 88.9 Å². The molecule has 0 bridgehead atoms. The number of furan rings is 1. The third-order valence-electron chi connectivity index (χ3n) is 14.7. The summed E-state index contributed by atoms with van der Waals surface area (Å²) in [4.78, 5) is 2.52. The van der Waals surface area contributed by atoms with Gasteiger partial charge in [-0.05, 0) is 127 Å². The van der Waals surface area contributed by atoms with Gasteiger partial charge >= 0.3 is 0 Å². The Morgan fingerprint density at radius 1 is 0.422 bits per heavy atom. The lowest BCUT2D eigenvalue weighted by atomic mass is 9.65. The van der Waals surface area contributed by atoms with E-state index < -0.39 is 0 Å². The van der Waals surface area contributed by atoms with Crippen LogP contribution in [0.1, 0.15) is 54.5 Å². The molecular weight excluding hydrogens is 775 g/mol. The molecule has 0 fully saturated rings. The summed E-state index contributed by atoms with van der Waals surface area (Å²) >= 11 is 0. The highest BCUT2D eigenvalue weighted by Gasteiger charge is 2.47. The highest BCUT2D eigenvalue weighted by Crippen LogP contribution is 2.58. The van der Waals surface area contributed by atoms with Crippen LogP contribution in [0.25, 0.3) is 66.1 Å². The average molecular weight is 820 g/mol. The number of fused-ring (bicyclic) bond motifs is 11. The van der Waals surface area contributed by atoms with Gasteiger partial charge in [-0.1, -0.05) is 189 Å². The van der Waals surface area contributed by atoms with E-state index in [4.69, 9.17) is 4.42 Å². The summed E-state index contributed by atoms with van der Waals surface area (Å²) in [5, 5.41) is 4.70. The van der Waals surface area contributed by atoms with Gasteiger partial charge in [0.1, 0.15) is 11.2 Å². The number of rotatable bonds is 6. The Kier molecular flexibility index (Phi) is 8.03. The van der Waals surface area contributed by atoms with Gasteiger partial charge in [0.25, 0.3) is 0 Å². The number of allylic oxidation sites excluding steroid dienone is 4. The molecule has 0 atom stereocenters. The summed E-state index contributed by atoms with van der Waals surface area (Å²) < 4.78 is 6.77. The molecule has 2 nitrogen and oxygen atoms in total. The summed E-state index contributed by atoms with van der Waals surface area (Å²) in [6, 6.07) is 73.9. The van der Waals surface area contributed by atoms with Gasteiger partial charge < -0.3 is 9.32 Å². The van der Waals surface area contributed by atoms with E-state index in [2.05, 4.69) is 231 Å². The molecule has 0 spiro atoms. The van der Waals surface area contributed by atoms with Crippen molar-refractivity contribution in [1.82, 2.24) is 0 Å². The van der Waals surface area contributed by atoms with E-state index in [0.29, 0.717) is 0 Å². The van der Waals surface area contributed by atoms with E-state index in [1.807, 2.05) is 0 Å². The van der Waals surface area contributed by atoms with Crippen molar-refractivity contribution in [1.29, 1.82) is 0 Å². The van der Waals surface area contributed by atoms with Crippen LogP contribution >= 0.6 is 0 Å². The zero-order valence-electron chi connectivity index (χ0n) is 36.0. The number of nitrogens with zero attached hydrogens (tertiary/aromatic N) is 1. The van der Waals surface area contributed by atoms with Gasteiger partial charge in [-0.15, -0.1) is 0 Å². The highest BCUT2D eigenvalue weighted by atomic mass is 16.3. The minimum absolute atomic E-state index is 0.132. The fourth-order valence-electron chi connectivity index (χ4n) is 11.8. The topological polar surface area (TPSA) is 16.4 Å². The molecule has 64 heavy (non-hydrogen) atoms. The van der Waals surface area contributed by atoms with Crippen LogP contribution in [0.5, 0.6) is 0 Å². The molecular formula is C62H45NO. The lowest BCUT2D eigenvalue weighted by Crippen LogP contribution is -2.31. The van der Waals surface area contributed by atoms with Gasteiger partial charge in [-0.25, -0.2) is 0 Å². The quantitative estimate of drug-likeness (QED) is 0.166. The van der Waals surface area contributed by atoms with E-state index in [-0.39, 0.29) is 10.8 Å². The first-order valence-corrected chi connectivity index (χ1v) is 22.6. The normalized spacial score (nSPS) is 15.3. The molecule has 9 aromatic carbocycles. The molecule has 10 aromatic rings. The van der Waals surface area contributed by atoms with Crippen LogP contribution in [0.3, 0.4) is 0 Å². The maximum atomic E-state index is 6.77. The van der Waals surface area contributed by atoms with Crippen molar-refractivity contribution in [3.63, 3.8) is 0 Å². The van der Waals surface area contributed by atoms with Gasteiger partial charge in [0, 0.05) is 33.3 Å². The third kappa shape index (κ3) is 5.20. The van der Waals surface area contributed by atoms with E-state index >= 15 is 0 Å². The molecule has 3 aliphatic rings. The van der Waals surface area contributed by atoms with Crippen molar-refractivity contribution in [2.24, 2.45) is 0 Å². The Hall–Kier alpha value is -7.68. The highest BCUT2D eigenvalue weighted by molar-refractivity contribution is 6.22. The molecule has 2 heteroatoms. The summed E-state index contributed by atoms with van der Waals surface area (Å²) in [5.41, 5.74) is 20.7. The second-order valence-electron chi connectivity index (χ2n) is 18.3. The minimum Gasteiger partial charge on any atom is -0.456 e. The molecule has 0 saturated carbocycles. The number of anilines is 2. The molecule has 13 rings (SSSR count). The van der Waals surface area contributed by atoms with Crippen LogP contribution in [0.15, 0.2) is 228 Å². The standard InChI is InChI=1S/C62H45NO/c1-61(2)54-26-14-11-22-47(54)50-35-33-45(38-57(50)61)63(44-34-36-58-53(37-44)60-51-25-10-9-21-46(51)52(39-59(60)64-58)40-17-5-3-6-18-40)43-31-29-42(30-32-43)62(41-19-7-4-8-20-41)55-27-15-12-23-48(55)49-24-13-16-28-56(49)62/h3-29,31,33-39H,30,32H2,1-2H3. The van der Waals surface area contributed by atoms with E-state index in [9.17, 15) is 0 Å². The number of hydrogen-bond donors (Lipinski definition) is 0. The summed E-state index contributed by atoms with van der Waals surface area (Å²) in [5.74, 6) is 0. The summed E-state index contributed by atoms with van der Waals surface area (Å²) in [6.07, 6.45) is 6.65. The largest absolute Gasteiger partial charge is 0.456 e. The van der Waals surface area contributed by atoms with Crippen LogP contribution in [0, 0.1) is 0 Å². The predicted octanol–water partition coefficient (Wildman–Crippen LogP) is 16.5. The molecule has 1 aromatic heterocycles. The van der Waals surface area contributed by atoms with Gasteiger partial charge in [0.15, 0.2) is 0 Å². The van der Waals surface area contributed by atoms with Crippen LogP contribution < -0.4 is 4.90 Å². The second kappa shape index (κ2) is 13.9. The Morgan fingerprint density at radius 2 is 1.00 bits per heavy atom. The predicted molar refractivity (Wildman–Crippen MR) is 266 cm³/mol. The molecule has 0 radical (unpaired) electrons. The van der Waals surface area contributed by atoms with Crippen LogP contribution in [0.4, 0.5) is 11.4 Å². The van der Waals surface area contributed by atoms with Crippen LogP contribution in [-0.4, -0.2) is 0 Å². The number of benzene rings is 9. The summed E-state index contributed by atoms with van der Waals surface area (Å²) in [6.45, 7) is 4.75. The minimum atomic E-state index is -0.390. The smallest absolute Gasteiger partial charge is 0.136 e. The first-order chi connectivity index (χ1) is 31.5. The first-order valence-electron chi connectivity index (χ1n) is 22.6. The fraction of sp³-hybridized carbons (Fsp3) is 0.0968. The first kappa shape index (κ1) is 36.9. The Balaban J connectivity index is 1.02. The van der Waals surface area contributed by atoms with Crippen molar-refractivity contribution < 1.29 is 4.42 Å². The molecule has 0 aliphatic heterocycles. The van der Waals surface area contributed by atoms with Gasteiger partial charge in [0.05, 0.1) is 5.41 Å². The van der Waals surface area contributed by atoms with Crippen LogP contribution in [0.2, 0.25) is 0 Å².